The smallest absolute Gasteiger partial charge is 0.224 e. The van der Waals surface area contributed by atoms with Crippen molar-refractivity contribution in [3.05, 3.63) is 42.0 Å². The average molecular weight is 301 g/mol. The van der Waals surface area contributed by atoms with Gasteiger partial charge in [0.2, 0.25) is 5.91 Å². The minimum atomic E-state index is -0.0537. The van der Waals surface area contributed by atoms with Gasteiger partial charge in [-0.2, -0.15) is 0 Å². The summed E-state index contributed by atoms with van der Waals surface area (Å²) < 4.78 is 5.26. The maximum absolute atomic E-state index is 12.2. The van der Waals surface area contributed by atoms with Crippen LogP contribution in [0.5, 0.6) is 5.75 Å². The molecule has 0 fully saturated rings. The fourth-order valence-electron chi connectivity index (χ4n) is 2.38. The van der Waals surface area contributed by atoms with Crippen molar-refractivity contribution in [2.75, 3.05) is 13.7 Å². The van der Waals surface area contributed by atoms with Crippen LogP contribution in [0, 0.1) is 5.92 Å². The number of rotatable bonds is 6. The van der Waals surface area contributed by atoms with E-state index < -0.39 is 0 Å². The molecule has 0 bridgehead atoms. The Balaban J connectivity index is 2.18. The summed E-state index contributed by atoms with van der Waals surface area (Å²) in [4.78, 5) is 12.2. The first kappa shape index (κ1) is 16.3. The first-order valence-electron chi connectivity index (χ1n) is 7.51. The van der Waals surface area contributed by atoms with Crippen molar-refractivity contribution >= 4 is 16.7 Å². The topological polar surface area (TPSA) is 58.6 Å². The summed E-state index contributed by atoms with van der Waals surface area (Å²) in [6.45, 7) is 3.88. The number of carbonyl (C=O) groups is 1. The second-order valence-corrected chi connectivity index (χ2v) is 5.70. The average Bonchev–Trinajstić information content (AvgIpc) is 2.53. The normalized spacial score (nSPS) is 13.6. The molecule has 4 nitrogen and oxygen atoms in total. The molecule has 22 heavy (non-hydrogen) atoms. The van der Waals surface area contributed by atoms with Crippen LogP contribution in [-0.4, -0.2) is 30.8 Å². The Morgan fingerprint density at radius 2 is 2.05 bits per heavy atom. The molecule has 0 saturated carbocycles. The van der Waals surface area contributed by atoms with Gasteiger partial charge in [0.1, 0.15) is 5.75 Å². The SMILES string of the molecule is COc1ccc2cccc(CC(=O)NC(C)C(C)CO)c2c1. The summed E-state index contributed by atoms with van der Waals surface area (Å²) in [6.07, 6.45) is 0.312. The van der Waals surface area contributed by atoms with Crippen LogP contribution in [0.3, 0.4) is 0 Å². The van der Waals surface area contributed by atoms with Crippen molar-refractivity contribution in [1.29, 1.82) is 0 Å². The molecule has 0 aliphatic heterocycles. The van der Waals surface area contributed by atoms with Crippen LogP contribution >= 0.6 is 0 Å². The van der Waals surface area contributed by atoms with Gasteiger partial charge in [-0.3, -0.25) is 4.79 Å². The third-order valence-corrected chi connectivity index (χ3v) is 4.06. The van der Waals surface area contributed by atoms with Crippen molar-refractivity contribution in [2.24, 2.45) is 5.92 Å². The Labute approximate surface area is 131 Å². The third kappa shape index (κ3) is 3.77. The van der Waals surface area contributed by atoms with Crippen molar-refractivity contribution in [2.45, 2.75) is 26.3 Å². The molecule has 0 spiro atoms. The van der Waals surface area contributed by atoms with Crippen LogP contribution in [0.4, 0.5) is 0 Å². The fourth-order valence-corrected chi connectivity index (χ4v) is 2.38. The number of ether oxygens (including phenoxy) is 1. The van der Waals surface area contributed by atoms with Crippen molar-refractivity contribution < 1.29 is 14.6 Å². The third-order valence-electron chi connectivity index (χ3n) is 4.06. The molecule has 2 atom stereocenters. The number of carbonyl (C=O) groups excluding carboxylic acids is 1. The highest BCUT2D eigenvalue weighted by molar-refractivity contribution is 5.91. The van der Waals surface area contributed by atoms with Gasteiger partial charge in [0.25, 0.3) is 0 Å². The Hall–Kier alpha value is -2.07. The Morgan fingerprint density at radius 1 is 1.27 bits per heavy atom. The minimum absolute atomic E-state index is 0.0385. The first-order chi connectivity index (χ1) is 10.5. The standard InChI is InChI=1S/C18H23NO3/c1-12(11-20)13(2)19-18(21)9-15-6-4-5-14-7-8-16(22-3)10-17(14)15/h4-8,10,12-13,20H,9,11H2,1-3H3,(H,19,21). The molecular weight excluding hydrogens is 278 g/mol. The number of amides is 1. The van der Waals surface area contributed by atoms with E-state index in [9.17, 15) is 4.79 Å². The highest BCUT2D eigenvalue weighted by atomic mass is 16.5. The lowest BCUT2D eigenvalue weighted by molar-refractivity contribution is -0.121. The lowest BCUT2D eigenvalue weighted by atomic mass is 10.0. The molecule has 118 valence electrons. The van der Waals surface area contributed by atoms with Crippen LogP contribution in [0.2, 0.25) is 0 Å². The maximum atomic E-state index is 12.2. The Kier molecular flexibility index (Phi) is 5.39. The lowest BCUT2D eigenvalue weighted by Crippen LogP contribution is -2.39. The van der Waals surface area contributed by atoms with E-state index in [1.165, 1.54) is 0 Å². The van der Waals surface area contributed by atoms with Gasteiger partial charge in [0, 0.05) is 12.6 Å². The second kappa shape index (κ2) is 7.27. The van der Waals surface area contributed by atoms with Gasteiger partial charge in [-0.1, -0.05) is 31.2 Å². The lowest BCUT2D eigenvalue weighted by Gasteiger charge is -2.19. The van der Waals surface area contributed by atoms with E-state index in [0.29, 0.717) is 6.42 Å². The predicted molar refractivity (Wildman–Crippen MR) is 88.1 cm³/mol. The van der Waals surface area contributed by atoms with Crippen molar-refractivity contribution in [3.8, 4) is 5.75 Å². The van der Waals surface area contributed by atoms with Crippen LogP contribution in [-0.2, 0) is 11.2 Å². The van der Waals surface area contributed by atoms with Crippen LogP contribution < -0.4 is 10.1 Å². The van der Waals surface area contributed by atoms with E-state index in [-0.39, 0.29) is 24.5 Å². The zero-order valence-electron chi connectivity index (χ0n) is 13.3. The summed E-state index contributed by atoms with van der Waals surface area (Å²) in [5.74, 6) is 0.780. The van der Waals surface area contributed by atoms with Crippen LogP contribution in [0.25, 0.3) is 10.8 Å². The van der Waals surface area contributed by atoms with Crippen molar-refractivity contribution in [1.82, 2.24) is 5.32 Å². The molecule has 0 heterocycles. The number of hydrogen-bond acceptors (Lipinski definition) is 3. The highest BCUT2D eigenvalue weighted by Crippen LogP contribution is 2.24. The van der Waals surface area contributed by atoms with Gasteiger partial charge in [-0.15, -0.1) is 0 Å². The summed E-state index contributed by atoms with van der Waals surface area (Å²) in [5.41, 5.74) is 0.970. The molecule has 0 aliphatic rings. The number of fused-ring (bicyclic) bond motifs is 1. The molecule has 0 aliphatic carbocycles. The molecule has 0 saturated heterocycles. The molecule has 2 aromatic rings. The molecule has 0 radical (unpaired) electrons. The molecular formula is C18H23NO3. The molecule has 2 rings (SSSR count). The summed E-state index contributed by atoms with van der Waals surface area (Å²) in [6, 6.07) is 11.7. The van der Waals surface area contributed by atoms with E-state index >= 15 is 0 Å². The van der Waals surface area contributed by atoms with E-state index in [0.717, 1.165) is 22.1 Å². The van der Waals surface area contributed by atoms with Gasteiger partial charge in [0.15, 0.2) is 0 Å². The summed E-state index contributed by atoms with van der Waals surface area (Å²) >= 11 is 0. The molecule has 4 heteroatoms. The van der Waals surface area contributed by atoms with E-state index in [1.807, 2.05) is 50.2 Å². The number of aliphatic hydroxyl groups is 1. The molecule has 1 amide bonds. The van der Waals surface area contributed by atoms with E-state index in [2.05, 4.69) is 5.32 Å². The quantitative estimate of drug-likeness (QED) is 0.862. The fraction of sp³-hybridized carbons (Fsp3) is 0.389. The maximum Gasteiger partial charge on any atom is 0.224 e. The molecule has 2 N–H and O–H groups in total. The Bertz CT molecular complexity index is 654. The van der Waals surface area contributed by atoms with E-state index in [1.54, 1.807) is 7.11 Å². The monoisotopic (exact) mass is 301 g/mol. The summed E-state index contributed by atoms with van der Waals surface area (Å²) in [5, 5.41) is 14.2. The second-order valence-electron chi connectivity index (χ2n) is 5.70. The summed E-state index contributed by atoms with van der Waals surface area (Å²) in [7, 11) is 1.63. The number of methoxy groups -OCH3 is 1. The molecule has 2 unspecified atom stereocenters. The van der Waals surface area contributed by atoms with Gasteiger partial charge >= 0.3 is 0 Å². The highest BCUT2D eigenvalue weighted by Gasteiger charge is 2.15. The zero-order chi connectivity index (χ0) is 16.1. The molecule has 0 aromatic heterocycles. The van der Waals surface area contributed by atoms with Gasteiger partial charge in [-0.25, -0.2) is 0 Å². The zero-order valence-corrected chi connectivity index (χ0v) is 13.3. The first-order valence-corrected chi connectivity index (χ1v) is 7.51. The number of nitrogens with one attached hydrogen (secondary N) is 1. The number of hydrogen-bond donors (Lipinski definition) is 2. The van der Waals surface area contributed by atoms with E-state index in [4.69, 9.17) is 9.84 Å². The predicted octanol–water partition coefficient (Wildman–Crippen LogP) is 2.52. The largest absolute Gasteiger partial charge is 0.497 e. The minimum Gasteiger partial charge on any atom is -0.497 e. The molecule has 2 aromatic carbocycles. The van der Waals surface area contributed by atoms with Crippen LogP contribution in [0.1, 0.15) is 19.4 Å². The van der Waals surface area contributed by atoms with Crippen LogP contribution in [0.15, 0.2) is 36.4 Å². The Morgan fingerprint density at radius 3 is 2.73 bits per heavy atom. The van der Waals surface area contributed by atoms with Gasteiger partial charge in [-0.05, 0) is 41.3 Å². The van der Waals surface area contributed by atoms with Gasteiger partial charge in [0.05, 0.1) is 13.5 Å². The number of benzene rings is 2. The van der Waals surface area contributed by atoms with Gasteiger partial charge < -0.3 is 15.2 Å². The van der Waals surface area contributed by atoms with Crippen molar-refractivity contribution in [3.63, 3.8) is 0 Å². The number of aliphatic hydroxyl groups excluding tert-OH is 1.